The second kappa shape index (κ2) is 8.86. The number of nitrogens with one attached hydrogen (secondary N) is 1. The number of benzene rings is 1. The lowest BCUT2D eigenvalue weighted by Crippen LogP contribution is -2.43. The zero-order valence-corrected chi connectivity index (χ0v) is 18.2. The van der Waals surface area contributed by atoms with Crippen LogP contribution in [0.25, 0.3) is 0 Å². The molecule has 0 bridgehead atoms. The predicted octanol–water partition coefficient (Wildman–Crippen LogP) is 3.24. The molecule has 2 aromatic rings. The van der Waals surface area contributed by atoms with Crippen molar-refractivity contribution in [3.05, 3.63) is 59.4 Å². The number of piperidine rings is 1. The lowest BCUT2D eigenvalue weighted by molar-refractivity contribution is -0.126. The van der Waals surface area contributed by atoms with Gasteiger partial charge in [-0.2, -0.15) is 4.31 Å². The molecular formula is C23H29N3O3S. The fourth-order valence-corrected chi connectivity index (χ4v) is 5.88. The van der Waals surface area contributed by atoms with Crippen molar-refractivity contribution in [2.45, 2.75) is 56.4 Å². The summed E-state index contributed by atoms with van der Waals surface area (Å²) >= 11 is 0. The molecule has 6 nitrogen and oxygen atoms in total. The first kappa shape index (κ1) is 21.0. The quantitative estimate of drug-likeness (QED) is 0.795. The number of sulfonamides is 1. The van der Waals surface area contributed by atoms with Gasteiger partial charge in [-0.1, -0.05) is 18.2 Å². The summed E-state index contributed by atoms with van der Waals surface area (Å²) in [5.74, 6) is -0.149. The summed E-state index contributed by atoms with van der Waals surface area (Å²) in [5.41, 5.74) is 3.99. The zero-order chi connectivity index (χ0) is 21.1. The van der Waals surface area contributed by atoms with Crippen LogP contribution < -0.4 is 5.32 Å². The molecule has 0 unspecified atom stereocenters. The highest BCUT2D eigenvalue weighted by Crippen LogP contribution is 2.27. The molecule has 0 spiro atoms. The number of fused-ring (bicyclic) bond motifs is 1. The molecule has 1 amide bonds. The van der Waals surface area contributed by atoms with Crippen molar-refractivity contribution in [2.75, 3.05) is 13.1 Å². The molecule has 1 atom stereocenters. The van der Waals surface area contributed by atoms with E-state index in [9.17, 15) is 13.2 Å². The molecular weight excluding hydrogens is 398 g/mol. The van der Waals surface area contributed by atoms with Gasteiger partial charge in [0, 0.05) is 31.4 Å². The topological polar surface area (TPSA) is 79.4 Å². The summed E-state index contributed by atoms with van der Waals surface area (Å²) in [4.78, 5) is 16.9. The number of carbonyl (C=O) groups excluding carboxylic acids is 1. The number of amides is 1. The summed E-state index contributed by atoms with van der Waals surface area (Å²) in [6.45, 7) is 2.72. The summed E-state index contributed by atoms with van der Waals surface area (Å²) < 4.78 is 26.9. The number of rotatable bonds is 5. The molecule has 2 aliphatic rings. The maximum atomic E-state index is 12.8. The lowest BCUT2D eigenvalue weighted by Gasteiger charge is -2.31. The van der Waals surface area contributed by atoms with Gasteiger partial charge in [-0.3, -0.25) is 9.78 Å². The average Bonchev–Trinajstić information content (AvgIpc) is 2.79. The summed E-state index contributed by atoms with van der Waals surface area (Å²) in [6.07, 6.45) is 8.74. The van der Waals surface area contributed by atoms with Crippen molar-refractivity contribution in [1.82, 2.24) is 14.6 Å². The smallest absolute Gasteiger partial charge is 0.244 e. The van der Waals surface area contributed by atoms with Gasteiger partial charge in [0.05, 0.1) is 6.04 Å². The third kappa shape index (κ3) is 4.42. The lowest BCUT2D eigenvalue weighted by atomic mass is 9.89. The minimum atomic E-state index is -3.55. The number of hydrogen-bond acceptors (Lipinski definition) is 4. The van der Waals surface area contributed by atoms with Crippen LogP contribution in [0.2, 0.25) is 0 Å². The van der Waals surface area contributed by atoms with Crippen molar-refractivity contribution in [3.63, 3.8) is 0 Å². The molecule has 7 heteroatoms. The predicted molar refractivity (Wildman–Crippen MR) is 115 cm³/mol. The van der Waals surface area contributed by atoms with Gasteiger partial charge in [0.2, 0.25) is 15.9 Å². The highest BCUT2D eigenvalue weighted by Gasteiger charge is 2.32. The zero-order valence-electron chi connectivity index (χ0n) is 17.4. The van der Waals surface area contributed by atoms with Gasteiger partial charge in [-0.15, -0.1) is 0 Å². The highest BCUT2D eigenvalue weighted by atomic mass is 32.2. The average molecular weight is 428 g/mol. The first-order valence-corrected chi connectivity index (χ1v) is 12.2. The molecule has 2 heterocycles. The molecule has 1 aromatic carbocycles. The molecule has 1 aromatic heterocycles. The molecule has 1 N–H and O–H groups in total. The maximum Gasteiger partial charge on any atom is 0.244 e. The number of aryl methyl sites for hydroxylation is 2. The van der Waals surface area contributed by atoms with E-state index in [1.54, 1.807) is 18.3 Å². The number of carbonyl (C=O) groups is 1. The van der Waals surface area contributed by atoms with E-state index >= 15 is 0 Å². The van der Waals surface area contributed by atoms with Crippen molar-refractivity contribution in [1.29, 1.82) is 0 Å². The minimum Gasteiger partial charge on any atom is -0.349 e. The Labute approximate surface area is 178 Å². The maximum absolute atomic E-state index is 12.8. The van der Waals surface area contributed by atoms with Crippen molar-refractivity contribution >= 4 is 15.9 Å². The summed E-state index contributed by atoms with van der Waals surface area (Å²) in [5, 5.41) is 3.14. The van der Waals surface area contributed by atoms with E-state index in [0.29, 0.717) is 25.9 Å². The van der Waals surface area contributed by atoms with Crippen LogP contribution in [0.3, 0.4) is 0 Å². The number of aromatic nitrogens is 1. The fourth-order valence-electron chi connectivity index (χ4n) is 4.44. The Balaban J connectivity index is 1.34. The molecule has 1 fully saturated rings. The SMILES string of the molecule is C[C@H](NC(=O)C1CCN(S(=O)(=O)c2cccnc2)CC1)c1ccc2c(c1)CCCC2. The van der Waals surface area contributed by atoms with E-state index in [2.05, 4.69) is 28.5 Å². The van der Waals surface area contributed by atoms with Gasteiger partial charge in [-0.05, 0) is 74.3 Å². The van der Waals surface area contributed by atoms with E-state index in [-0.39, 0.29) is 22.8 Å². The second-order valence-electron chi connectivity index (χ2n) is 8.33. The molecule has 30 heavy (non-hydrogen) atoms. The van der Waals surface area contributed by atoms with Crippen LogP contribution in [-0.2, 0) is 27.7 Å². The van der Waals surface area contributed by atoms with Gasteiger partial charge >= 0.3 is 0 Å². The fraction of sp³-hybridized carbons (Fsp3) is 0.478. The minimum absolute atomic E-state index is 0.0126. The van der Waals surface area contributed by atoms with Crippen LogP contribution >= 0.6 is 0 Å². The van der Waals surface area contributed by atoms with Crippen LogP contribution in [-0.4, -0.2) is 36.7 Å². The van der Waals surface area contributed by atoms with E-state index in [4.69, 9.17) is 0 Å². The Bertz CT molecular complexity index is 1000. The largest absolute Gasteiger partial charge is 0.349 e. The molecule has 160 valence electrons. The summed E-state index contributed by atoms with van der Waals surface area (Å²) in [7, 11) is -3.55. The number of hydrogen-bond donors (Lipinski definition) is 1. The van der Waals surface area contributed by atoms with Crippen LogP contribution in [0.15, 0.2) is 47.6 Å². The van der Waals surface area contributed by atoms with E-state index in [1.165, 1.54) is 34.5 Å². The Morgan fingerprint density at radius 3 is 2.57 bits per heavy atom. The van der Waals surface area contributed by atoms with Crippen LogP contribution in [0.5, 0.6) is 0 Å². The summed E-state index contributed by atoms with van der Waals surface area (Å²) in [6, 6.07) is 9.69. The van der Waals surface area contributed by atoms with Crippen LogP contribution in [0.4, 0.5) is 0 Å². The van der Waals surface area contributed by atoms with Crippen molar-refractivity contribution < 1.29 is 13.2 Å². The molecule has 0 radical (unpaired) electrons. The Kier molecular flexibility index (Phi) is 6.20. The van der Waals surface area contributed by atoms with Crippen LogP contribution in [0.1, 0.15) is 55.3 Å². The van der Waals surface area contributed by atoms with Gasteiger partial charge in [-0.25, -0.2) is 8.42 Å². The Morgan fingerprint density at radius 1 is 1.13 bits per heavy atom. The molecule has 1 saturated heterocycles. The Hall–Kier alpha value is -2.25. The third-order valence-electron chi connectivity index (χ3n) is 6.33. The van der Waals surface area contributed by atoms with Gasteiger partial charge in [0.1, 0.15) is 4.90 Å². The van der Waals surface area contributed by atoms with E-state index in [0.717, 1.165) is 18.4 Å². The molecule has 0 saturated carbocycles. The second-order valence-corrected chi connectivity index (χ2v) is 10.3. The molecule has 4 rings (SSSR count). The van der Waals surface area contributed by atoms with Crippen LogP contribution in [0, 0.1) is 5.92 Å². The Morgan fingerprint density at radius 2 is 1.87 bits per heavy atom. The standard InChI is InChI=1S/C23H29N3O3S/c1-17(20-9-8-18-5-2-3-6-21(18)15-20)25-23(27)19-10-13-26(14-11-19)30(28,29)22-7-4-12-24-16-22/h4,7-9,12,15-17,19H,2-3,5-6,10-11,13-14H2,1H3,(H,25,27)/t17-/m0/s1. The monoisotopic (exact) mass is 427 g/mol. The van der Waals surface area contributed by atoms with Crippen molar-refractivity contribution in [2.24, 2.45) is 5.92 Å². The van der Waals surface area contributed by atoms with Gasteiger partial charge in [0.15, 0.2) is 0 Å². The van der Waals surface area contributed by atoms with Gasteiger partial charge < -0.3 is 5.32 Å². The molecule has 1 aliphatic heterocycles. The van der Waals surface area contributed by atoms with Gasteiger partial charge in [0.25, 0.3) is 0 Å². The number of nitrogens with zero attached hydrogens (tertiary/aromatic N) is 2. The third-order valence-corrected chi connectivity index (χ3v) is 8.21. The molecule has 1 aliphatic carbocycles. The normalized spacial score (nSPS) is 19.1. The first-order chi connectivity index (χ1) is 14.4. The highest BCUT2D eigenvalue weighted by molar-refractivity contribution is 7.89. The van der Waals surface area contributed by atoms with E-state index < -0.39 is 10.0 Å². The first-order valence-electron chi connectivity index (χ1n) is 10.8. The van der Waals surface area contributed by atoms with E-state index in [1.807, 2.05) is 6.92 Å². The van der Waals surface area contributed by atoms with Crippen molar-refractivity contribution in [3.8, 4) is 0 Å². The number of pyridine rings is 1.